The Balaban J connectivity index is 1.62. The highest BCUT2D eigenvalue weighted by Gasteiger charge is 2.33. The molecule has 3 rings (SSSR count). The fourth-order valence-electron chi connectivity index (χ4n) is 3.22. The molecular formula is C22H24F3N3O4. The Morgan fingerprint density at radius 3 is 2.47 bits per heavy atom. The number of ether oxygens (including phenoxy) is 2. The van der Waals surface area contributed by atoms with E-state index in [0.29, 0.717) is 24.7 Å². The number of alkyl halides is 3. The fraction of sp³-hybridized carbons (Fsp3) is 0.364. The van der Waals surface area contributed by atoms with Crippen LogP contribution in [0, 0.1) is 0 Å². The van der Waals surface area contributed by atoms with Gasteiger partial charge in [-0.2, -0.15) is 13.2 Å². The summed E-state index contributed by atoms with van der Waals surface area (Å²) in [5.41, 5.74) is -0.526. The number of urea groups is 1. The molecule has 1 atom stereocenters. The second-order valence-electron chi connectivity index (χ2n) is 7.18. The number of amides is 3. The van der Waals surface area contributed by atoms with E-state index in [1.807, 2.05) is 0 Å². The summed E-state index contributed by atoms with van der Waals surface area (Å²) in [6.45, 7) is 4.14. The van der Waals surface area contributed by atoms with Gasteiger partial charge in [0.05, 0.1) is 17.3 Å². The van der Waals surface area contributed by atoms with E-state index in [4.69, 9.17) is 9.47 Å². The van der Waals surface area contributed by atoms with E-state index in [9.17, 15) is 22.8 Å². The molecule has 0 fully saturated rings. The summed E-state index contributed by atoms with van der Waals surface area (Å²) in [6, 6.07) is 9.10. The smallest absolute Gasteiger partial charge is 0.418 e. The third kappa shape index (κ3) is 5.63. The van der Waals surface area contributed by atoms with E-state index < -0.39 is 36.3 Å². The van der Waals surface area contributed by atoms with Gasteiger partial charge in [-0.3, -0.25) is 4.79 Å². The zero-order valence-electron chi connectivity index (χ0n) is 17.7. The Bertz CT molecular complexity index is 981. The van der Waals surface area contributed by atoms with E-state index in [0.717, 1.165) is 11.6 Å². The van der Waals surface area contributed by atoms with Gasteiger partial charge in [-0.05, 0) is 43.7 Å². The maximum atomic E-state index is 13.1. The van der Waals surface area contributed by atoms with Crippen LogP contribution in [0.2, 0.25) is 0 Å². The molecule has 7 nitrogen and oxygen atoms in total. The first kappa shape index (κ1) is 23.2. The van der Waals surface area contributed by atoms with Crippen LogP contribution in [0.3, 0.4) is 0 Å². The summed E-state index contributed by atoms with van der Waals surface area (Å²) in [5, 5.41) is 5.03. The molecule has 1 aliphatic heterocycles. The van der Waals surface area contributed by atoms with Crippen molar-refractivity contribution < 1.29 is 32.2 Å². The van der Waals surface area contributed by atoms with Crippen molar-refractivity contribution in [2.75, 3.05) is 31.6 Å². The van der Waals surface area contributed by atoms with E-state index in [2.05, 4.69) is 10.6 Å². The van der Waals surface area contributed by atoms with Crippen LogP contribution in [0.15, 0.2) is 42.5 Å². The average Bonchev–Trinajstić information content (AvgIpc) is 2.76. The van der Waals surface area contributed by atoms with Gasteiger partial charge in [-0.1, -0.05) is 18.2 Å². The van der Waals surface area contributed by atoms with Gasteiger partial charge in [0.25, 0.3) is 0 Å². The molecule has 2 N–H and O–H groups in total. The van der Waals surface area contributed by atoms with Crippen LogP contribution in [0.5, 0.6) is 11.5 Å². The molecule has 0 aliphatic carbocycles. The van der Waals surface area contributed by atoms with Crippen LogP contribution in [-0.2, 0) is 11.0 Å². The third-order valence-electron chi connectivity index (χ3n) is 4.92. The molecule has 0 unspecified atom stereocenters. The maximum Gasteiger partial charge on any atom is 0.418 e. The number of para-hydroxylation sites is 1. The normalized spacial score (nSPS) is 13.8. The Hall–Kier alpha value is -3.43. The number of carbonyl (C=O) groups is 2. The molecular weight excluding hydrogens is 427 g/mol. The van der Waals surface area contributed by atoms with Crippen LogP contribution >= 0.6 is 0 Å². The van der Waals surface area contributed by atoms with Gasteiger partial charge >= 0.3 is 12.2 Å². The molecule has 1 aliphatic rings. The molecule has 0 saturated carbocycles. The number of nitrogens with zero attached hydrogens (tertiary/aromatic N) is 1. The molecule has 3 amide bonds. The second kappa shape index (κ2) is 9.80. The number of hydrogen-bond donors (Lipinski definition) is 2. The molecule has 0 radical (unpaired) electrons. The summed E-state index contributed by atoms with van der Waals surface area (Å²) in [4.78, 5) is 26.2. The van der Waals surface area contributed by atoms with E-state index in [1.54, 1.807) is 32.0 Å². The first-order valence-corrected chi connectivity index (χ1v) is 10.1. The van der Waals surface area contributed by atoms with Gasteiger partial charge in [-0.25, -0.2) is 4.79 Å². The molecule has 0 spiro atoms. The monoisotopic (exact) mass is 451 g/mol. The number of rotatable bonds is 6. The predicted molar refractivity (Wildman–Crippen MR) is 112 cm³/mol. The molecule has 0 bridgehead atoms. The summed E-state index contributed by atoms with van der Waals surface area (Å²) >= 11 is 0. The number of likely N-dealkylation sites (N-methyl/N-ethyl adjacent to an activating group) is 1. The summed E-state index contributed by atoms with van der Waals surface area (Å²) in [6.07, 6.45) is -4.61. The van der Waals surface area contributed by atoms with E-state index >= 15 is 0 Å². The highest BCUT2D eigenvalue weighted by molar-refractivity contribution is 5.95. The summed E-state index contributed by atoms with van der Waals surface area (Å²) < 4.78 is 50.4. The minimum Gasteiger partial charge on any atom is -0.486 e. The van der Waals surface area contributed by atoms with Gasteiger partial charge in [0.2, 0.25) is 5.91 Å². The second-order valence-corrected chi connectivity index (χ2v) is 7.18. The van der Waals surface area contributed by atoms with Crippen molar-refractivity contribution in [3.05, 3.63) is 53.6 Å². The lowest BCUT2D eigenvalue weighted by atomic mass is 10.1. The maximum absolute atomic E-state index is 13.1. The van der Waals surface area contributed by atoms with Crippen LogP contribution < -0.4 is 20.1 Å². The molecule has 0 saturated heterocycles. The number of halogens is 3. The van der Waals surface area contributed by atoms with Crippen molar-refractivity contribution in [3.8, 4) is 11.5 Å². The summed E-state index contributed by atoms with van der Waals surface area (Å²) in [5.74, 6) is 0.486. The molecule has 2 aromatic carbocycles. The number of carbonyl (C=O) groups excluding carboxylic acids is 2. The molecule has 2 aromatic rings. The van der Waals surface area contributed by atoms with Crippen molar-refractivity contribution in [2.45, 2.75) is 26.1 Å². The van der Waals surface area contributed by atoms with Crippen LogP contribution in [0.4, 0.5) is 23.7 Å². The number of hydrogen-bond acceptors (Lipinski definition) is 4. The quantitative estimate of drug-likeness (QED) is 0.690. The van der Waals surface area contributed by atoms with Crippen LogP contribution in [0.25, 0.3) is 0 Å². The van der Waals surface area contributed by atoms with Crippen molar-refractivity contribution in [3.63, 3.8) is 0 Å². The number of nitrogens with one attached hydrogen (secondary N) is 2. The highest BCUT2D eigenvalue weighted by atomic mass is 19.4. The topological polar surface area (TPSA) is 79.9 Å². The third-order valence-corrected chi connectivity index (χ3v) is 4.92. The molecule has 32 heavy (non-hydrogen) atoms. The molecule has 1 heterocycles. The van der Waals surface area contributed by atoms with Crippen LogP contribution in [0.1, 0.15) is 31.0 Å². The Morgan fingerprint density at radius 1 is 1.09 bits per heavy atom. The average molecular weight is 451 g/mol. The van der Waals surface area contributed by atoms with Crippen molar-refractivity contribution in [1.29, 1.82) is 0 Å². The Labute approximate surface area is 183 Å². The lowest BCUT2D eigenvalue weighted by molar-refractivity contribution is -0.137. The summed E-state index contributed by atoms with van der Waals surface area (Å²) in [7, 11) is 0. The Kier molecular flexibility index (Phi) is 7.12. The highest BCUT2D eigenvalue weighted by Crippen LogP contribution is 2.35. The van der Waals surface area contributed by atoms with Crippen molar-refractivity contribution >= 4 is 17.6 Å². The largest absolute Gasteiger partial charge is 0.486 e. The van der Waals surface area contributed by atoms with E-state index in [-0.39, 0.29) is 12.2 Å². The predicted octanol–water partition coefficient (Wildman–Crippen LogP) is 4.21. The standard InChI is InChI=1S/C22H24F3N3O4/c1-3-28(13-20(29)27-17-7-5-4-6-16(17)22(23,24)25)21(30)26-14(2)15-8-9-18-19(12-15)32-11-10-31-18/h4-9,12,14H,3,10-11,13H2,1-2H3,(H,26,30)(H,27,29)/t14-/m1/s1. The van der Waals surface area contributed by atoms with Crippen LogP contribution in [-0.4, -0.2) is 43.1 Å². The molecule has 0 aromatic heterocycles. The van der Waals surface area contributed by atoms with Crippen molar-refractivity contribution in [1.82, 2.24) is 10.2 Å². The van der Waals surface area contributed by atoms with Gasteiger partial charge in [0, 0.05) is 6.54 Å². The van der Waals surface area contributed by atoms with E-state index in [1.165, 1.54) is 23.1 Å². The zero-order chi connectivity index (χ0) is 23.3. The lowest BCUT2D eigenvalue weighted by Gasteiger charge is -2.25. The number of anilines is 1. The zero-order valence-corrected chi connectivity index (χ0v) is 17.7. The minimum absolute atomic E-state index is 0.189. The Morgan fingerprint density at radius 2 is 1.78 bits per heavy atom. The molecule has 10 heteroatoms. The number of fused-ring (bicyclic) bond motifs is 1. The van der Waals surface area contributed by atoms with Gasteiger partial charge in [0.15, 0.2) is 11.5 Å². The SMILES string of the molecule is CCN(CC(=O)Nc1ccccc1C(F)(F)F)C(=O)N[C@H](C)c1ccc2c(c1)OCCO2. The van der Waals surface area contributed by atoms with Gasteiger partial charge in [0.1, 0.15) is 19.8 Å². The first-order chi connectivity index (χ1) is 15.2. The fourth-order valence-corrected chi connectivity index (χ4v) is 3.22. The van der Waals surface area contributed by atoms with Crippen molar-refractivity contribution in [2.24, 2.45) is 0 Å². The molecule has 172 valence electrons. The van der Waals surface area contributed by atoms with Gasteiger partial charge < -0.3 is 25.0 Å². The minimum atomic E-state index is -4.61. The number of benzene rings is 2. The van der Waals surface area contributed by atoms with Gasteiger partial charge in [-0.15, -0.1) is 0 Å². The lowest BCUT2D eigenvalue weighted by Crippen LogP contribution is -2.44. The first-order valence-electron chi connectivity index (χ1n) is 10.1.